The van der Waals surface area contributed by atoms with E-state index in [0.29, 0.717) is 12.5 Å². The van der Waals surface area contributed by atoms with Gasteiger partial charge in [0.2, 0.25) is 0 Å². The first-order valence-electron chi connectivity index (χ1n) is 5.92. The second kappa shape index (κ2) is 4.74. The molecule has 0 atom stereocenters. The third-order valence-electron chi connectivity index (χ3n) is 3.50. The Morgan fingerprint density at radius 3 is 2.62 bits per heavy atom. The zero-order chi connectivity index (χ0) is 11.5. The molecule has 3 nitrogen and oxygen atoms in total. The molecule has 0 bridgehead atoms. The molecule has 1 aliphatic rings. The topological polar surface area (TPSA) is 49.5 Å². The van der Waals surface area contributed by atoms with Crippen LogP contribution < -0.4 is 10.6 Å². The highest BCUT2D eigenvalue weighted by Crippen LogP contribution is 2.25. The first kappa shape index (κ1) is 11.3. The summed E-state index contributed by atoms with van der Waals surface area (Å²) in [5.41, 5.74) is 9.12. The number of hydrogen-bond donors (Lipinski definition) is 2. The Hall–Kier alpha value is -1.22. The number of benzene rings is 1. The van der Waals surface area contributed by atoms with Crippen LogP contribution in [0.15, 0.2) is 18.2 Å². The number of rotatable bonds is 2. The standard InChI is InChI=1S/C13H20N2O/c1-10-2-3-12(8-13(10)14)15-6-4-11(9-16)5-7-15/h2-3,8,11,16H,4-7,9,14H2,1H3. The zero-order valence-electron chi connectivity index (χ0n) is 9.82. The predicted octanol–water partition coefficient (Wildman–Crippen LogP) is 1.79. The smallest absolute Gasteiger partial charge is 0.0460 e. The Labute approximate surface area is 96.9 Å². The van der Waals surface area contributed by atoms with Crippen LogP contribution >= 0.6 is 0 Å². The Balaban J connectivity index is 2.05. The molecule has 1 aliphatic heterocycles. The summed E-state index contributed by atoms with van der Waals surface area (Å²) in [7, 11) is 0. The van der Waals surface area contributed by atoms with E-state index in [0.717, 1.165) is 37.2 Å². The third-order valence-corrected chi connectivity index (χ3v) is 3.50. The minimum atomic E-state index is 0.323. The summed E-state index contributed by atoms with van der Waals surface area (Å²) in [6.07, 6.45) is 2.15. The summed E-state index contributed by atoms with van der Waals surface area (Å²) < 4.78 is 0. The predicted molar refractivity (Wildman–Crippen MR) is 67.6 cm³/mol. The summed E-state index contributed by atoms with van der Waals surface area (Å²) in [6.45, 7) is 4.39. The summed E-state index contributed by atoms with van der Waals surface area (Å²) in [6, 6.07) is 6.25. The summed E-state index contributed by atoms with van der Waals surface area (Å²) >= 11 is 0. The van der Waals surface area contributed by atoms with Crippen LogP contribution in [0, 0.1) is 12.8 Å². The van der Waals surface area contributed by atoms with Crippen LogP contribution in [0.2, 0.25) is 0 Å². The number of aliphatic hydroxyl groups excluding tert-OH is 1. The SMILES string of the molecule is Cc1ccc(N2CCC(CO)CC2)cc1N. The number of aliphatic hydroxyl groups is 1. The maximum absolute atomic E-state index is 9.09. The molecule has 0 aromatic heterocycles. The number of hydrogen-bond acceptors (Lipinski definition) is 3. The van der Waals surface area contributed by atoms with Crippen LogP contribution in [-0.2, 0) is 0 Å². The molecule has 0 radical (unpaired) electrons. The molecule has 0 saturated carbocycles. The molecule has 2 rings (SSSR count). The van der Waals surface area contributed by atoms with Crippen molar-refractivity contribution >= 4 is 11.4 Å². The number of anilines is 2. The van der Waals surface area contributed by atoms with Crippen LogP contribution in [0.5, 0.6) is 0 Å². The monoisotopic (exact) mass is 220 g/mol. The second-order valence-electron chi connectivity index (χ2n) is 4.65. The van der Waals surface area contributed by atoms with Crippen molar-refractivity contribution in [1.82, 2.24) is 0 Å². The van der Waals surface area contributed by atoms with E-state index in [-0.39, 0.29) is 0 Å². The summed E-state index contributed by atoms with van der Waals surface area (Å²) in [5, 5.41) is 9.09. The molecule has 3 N–H and O–H groups in total. The lowest BCUT2D eigenvalue weighted by atomic mass is 9.97. The summed E-state index contributed by atoms with van der Waals surface area (Å²) in [5.74, 6) is 0.485. The average molecular weight is 220 g/mol. The van der Waals surface area contributed by atoms with E-state index in [1.165, 1.54) is 5.69 Å². The Bertz CT molecular complexity index is 357. The fraction of sp³-hybridized carbons (Fsp3) is 0.538. The van der Waals surface area contributed by atoms with Gasteiger partial charge in [0.25, 0.3) is 0 Å². The number of aryl methyl sites for hydroxylation is 1. The number of nitrogens with zero attached hydrogens (tertiary/aromatic N) is 1. The van der Waals surface area contributed by atoms with E-state index in [2.05, 4.69) is 23.1 Å². The Morgan fingerprint density at radius 1 is 1.38 bits per heavy atom. The van der Waals surface area contributed by atoms with E-state index in [9.17, 15) is 0 Å². The van der Waals surface area contributed by atoms with E-state index < -0.39 is 0 Å². The molecular weight excluding hydrogens is 200 g/mol. The van der Waals surface area contributed by atoms with Crippen molar-refractivity contribution in [3.05, 3.63) is 23.8 Å². The lowest BCUT2D eigenvalue weighted by Gasteiger charge is -2.33. The largest absolute Gasteiger partial charge is 0.398 e. The van der Waals surface area contributed by atoms with Gasteiger partial charge in [0.15, 0.2) is 0 Å². The van der Waals surface area contributed by atoms with Crippen LogP contribution in [-0.4, -0.2) is 24.8 Å². The van der Waals surface area contributed by atoms with Gasteiger partial charge in [-0.3, -0.25) is 0 Å². The van der Waals surface area contributed by atoms with Crippen molar-refractivity contribution in [2.45, 2.75) is 19.8 Å². The highest BCUT2D eigenvalue weighted by atomic mass is 16.3. The van der Waals surface area contributed by atoms with Gasteiger partial charge in [-0.25, -0.2) is 0 Å². The van der Waals surface area contributed by atoms with Crippen LogP contribution in [0.25, 0.3) is 0 Å². The van der Waals surface area contributed by atoms with Crippen molar-refractivity contribution in [1.29, 1.82) is 0 Å². The third kappa shape index (κ3) is 2.30. The van der Waals surface area contributed by atoms with Crippen LogP contribution in [0.3, 0.4) is 0 Å². The van der Waals surface area contributed by atoms with Gasteiger partial charge in [0, 0.05) is 31.1 Å². The maximum Gasteiger partial charge on any atom is 0.0460 e. The molecule has 1 saturated heterocycles. The van der Waals surface area contributed by atoms with Gasteiger partial charge in [-0.1, -0.05) is 6.07 Å². The van der Waals surface area contributed by atoms with Crippen molar-refractivity contribution in [3.8, 4) is 0 Å². The maximum atomic E-state index is 9.09. The number of piperidine rings is 1. The minimum absolute atomic E-state index is 0.323. The van der Waals surface area contributed by atoms with Gasteiger partial charge in [-0.2, -0.15) is 0 Å². The molecule has 1 fully saturated rings. The molecule has 0 spiro atoms. The first-order chi connectivity index (χ1) is 7.70. The lowest BCUT2D eigenvalue weighted by Crippen LogP contribution is -2.34. The van der Waals surface area contributed by atoms with Crippen LogP contribution in [0.1, 0.15) is 18.4 Å². The van der Waals surface area contributed by atoms with Crippen molar-refractivity contribution < 1.29 is 5.11 Å². The Morgan fingerprint density at radius 2 is 2.06 bits per heavy atom. The van der Waals surface area contributed by atoms with Gasteiger partial charge in [-0.15, -0.1) is 0 Å². The van der Waals surface area contributed by atoms with Crippen molar-refractivity contribution in [2.24, 2.45) is 5.92 Å². The van der Waals surface area contributed by atoms with Crippen molar-refractivity contribution in [2.75, 3.05) is 30.3 Å². The fourth-order valence-corrected chi connectivity index (χ4v) is 2.20. The molecular formula is C13H20N2O. The molecule has 1 aromatic carbocycles. The average Bonchev–Trinajstić information content (AvgIpc) is 2.33. The quantitative estimate of drug-likeness (QED) is 0.747. The highest BCUT2D eigenvalue weighted by molar-refractivity contribution is 5.59. The zero-order valence-corrected chi connectivity index (χ0v) is 9.82. The fourth-order valence-electron chi connectivity index (χ4n) is 2.20. The molecule has 1 heterocycles. The molecule has 0 amide bonds. The molecule has 1 aromatic rings. The van der Waals surface area contributed by atoms with E-state index in [1.807, 2.05) is 6.92 Å². The minimum Gasteiger partial charge on any atom is -0.398 e. The lowest BCUT2D eigenvalue weighted by molar-refractivity contribution is 0.203. The normalized spacial score (nSPS) is 17.8. The summed E-state index contributed by atoms with van der Waals surface area (Å²) in [4.78, 5) is 2.35. The highest BCUT2D eigenvalue weighted by Gasteiger charge is 2.18. The van der Waals surface area contributed by atoms with Gasteiger partial charge >= 0.3 is 0 Å². The molecule has 3 heteroatoms. The van der Waals surface area contributed by atoms with Gasteiger partial charge in [0.05, 0.1) is 0 Å². The van der Waals surface area contributed by atoms with E-state index >= 15 is 0 Å². The van der Waals surface area contributed by atoms with Crippen molar-refractivity contribution in [3.63, 3.8) is 0 Å². The van der Waals surface area contributed by atoms with E-state index in [1.54, 1.807) is 0 Å². The van der Waals surface area contributed by atoms with Gasteiger partial charge in [-0.05, 0) is 43.4 Å². The molecule has 0 unspecified atom stereocenters. The first-order valence-corrected chi connectivity index (χ1v) is 5.92. The molecule has 0 aliphatic carbocycles. The number of nitrogen functional groups attached to an aromatic ring is 1. The van der Waals surface area contributed by atoms with Gasteiger partial charge in [0.1, 0.15) is 0 Å². The molecule has 88 valence electrons. The van der Waals surface area contributed by atoms with Gasteiger partial charge < -0.3 is 15.7 Å². The number of nitrogens with two attached hydrogens (primary N) is 1. The second-order valence-corrected chi connectivity index (χ2v) is 4.65. The van der Waals surface area contributed by atoms with E-state index in [4.69, 9.17) is 10.8 Å². The Kier molecular flexibility index (Phi) is 3.34. The van der Waals surface area contributed by atoms with Crippen LogP contribution in [0.4, 0.5) is 11.4 Å². The molecule has 16 heavy (non-hydrogen) atoms.